The van der Waals surface area contributed by atoms with Crippen molar-refractivity contribution >= 4 is 0 Å². The van der Waals surface area contributed by atoms with Crippen molar-refractivity contribution in [1.29, 1.82) is 0 Å². The van der Waals surface area contributed by atoms with Gasteiger partial charge < -0.3 is 4.74 Å². The van der Waals surface area contributed by atoms with Gasteiger partial charge in [-0.25, -0.2) is 0 Å². The molecule has 0 radical (unpaired) electrons. The monoisotopic (exact) mass is 330 g/mol. The average Bonchev–Trinajstić information content (AvgIpc) is 2.47. The van der Waals surface area contributed by atoms with Gasteiger partial charge in [0.2, 0.25) is 0 Å². The molecule has 0 saturated heterocycles. The zero-order valence-corrected chi connectivity index (χ0v) is 12.3. The summed E-state index contributed by atoms with van der Waals surface area (Å²) < 4.78 is 70.0. The molecule has 0 unspecified atom stereocenters. The maximum atomic E-state index is 14.0. The molecule has 6 heteroatoms. The van der Waals surface area contributed by atoms with E-state index in [2.05, 4.69) is 4.74 Å². The largest absolute Gasteiger partial charge is 0.429 e. The summed E-state index contributed by atoms with van der Waals surface area (Å²) in [5.74, 6) is -0.333. The number of hydrogen-bond acceptors (Lipinski definition) is 1. The molecule has 0 aliphatic heterocycles. The fourth-order valence-corrected chi connectivity index (χ4v) is 2.07. The third-order valence-electron chi connectivity index (χ3n) is 3.26. The van der Waals surface area contributed by atoms with Crippen molar-refractivity contribution in [1.82, 2.24) is 0 Å². The molecule has 0 aromatic heterocycles. The Balaban J connectivity index is 2.13. The number of aryl methyl sites for hydroxylation is 1. The summed E-state index contributed by atoms with van der Waals surface area (Å²) in [4.78, 5) is 0. The first-order valence-corrected chi connectivity index (χ1v) is 7.06. The van der Waals surface area contributed by atoms with Gasteiger partial charge in [-0.05, 0) is 48.4 Å². The molecule has 0 N–H and O–H groups in total. The van der Waals surface area contributed by atoms with E-state index in [1.165, 1.54) is 12.1 Å². The Kier molecular flexibility index (Phi) is 4.92. The summed E-state index contributed by atoms with van der Waals surface area (Å²) in [6.07, 6.45) is -6.45. The highest BCUT2D eigenvalue weighted by Crippen LogP contribution is 2.34. The number of benzene rings is 2. The molecule has 2 aromatic carbocycles. The van der Waals surface area contributed by atoms with Crippen LogP contribution < -0.4 is 4.74 Å². The molecule has 2 rings (SSSR count). The molecule has 0 saturated carbocycles. The number of hydrogen-bond donors (Lipinski definition) is 0. The minimum Gasteiger partial charge on any atom is -0.429 e. The van der Waals surface area contributed by atoms with Gasteiger partial charge in [-0.2, -0.15) is 22.0 Å². The summed E-state index contributed by atoms with van der Waals surface area (Å²) in [7, 11) is 0. The van der Waals surface area contributed by atoms with Gasteiger partial charge in [0, 0.05) is 0 Å². The van der Waals surface area contributed by atoms with E-state index in [4.69, 9.17) is 0 Å². The first-order chi connectivity index (χ1) is 10.7. The minimum atomic E-state index is -4.52. The number of halogens is 5. The van der Waals surface area contributed by atoms with E-state index >= 15 is 0 Å². The molecule has 0 atom stereocenters. The van der Waals surface area contributed by atoms with Crippen molar-refractivity contribution in [3.05, 3.63) is 65.2 Å². The molecule has 23 heavy (non-hydrogen) atoms. The summed E-state index contributed by atoms with van der Waals surface area (Å²) in [5, 5.41) is 0. The third kappa shape index (κ3) is 4.43. The molecule has 0 spiro atoms. The SMILES string of the molecule is CCCc1ccc(C(F)(F)Oc2ccc(C(F)(F)F)cc2)cc1. The topological polar surface area (TPSA) is 9.23 Å². The second kappa shape index (κ2) is 6.56. The van der Waals surface area contributed by atoms with Gasteiger partial charge in [-0.3, -0.25) is 0 Å². The number of ether oxygens (including phenoxy) is 1. The van der Waals surface area contributed by atoms with Crippen molar-refractivity contribution < 1.29 is 26.7 Å². The maximum absolute atomic E-state index is 14.0. The molecule has 0 aliphatic carbocycles. The van der Waals surface area contributed by atoms with Crippen LogP contribution in [0, 0.1) is 0 Å². The molecule has 124 valence electrons. The van der Waals surface area contributed by atoms with Crippen LogP contribution in [0.2, 0.25) is 0 Å². The first-order valence-electron chi connectivity index (χ1n) is 7.06. The van der Waals surface area contributed by atoms with Crippen molar-refractivity contribution in [2.45, 2.75) is 32.1 Å². The van der Waals surface area contributed by atoms with E-state index < -0.39 is 17.8 Å². The Hall–Kier alpha value is -2.11. The zero-order chi connectivity index (χ0) is 17.1. The normalized spacial score (nSPS) is 12.3. The van der Waals surface area contributed by atoms with Crippen molar-refractivity contribution in [3.8, 4) is 5.75 Å². The third-order valence-corrected chi connectivity index (χ3v) is 3.26. The fourth-order valence-electron chi connectivity index (χ4n) is 2.07. The Morgan fingerprint density at radius 2 is 1.30 bits per heavy atom. The Labute approximate surface area is 130 Å². The lowest BCUT2D eigenvalue weighted by Gasteiger charge is -2.19. The lowest BCUT2D eigenvalue weighted by molar-refractivity contribution is -0.185. The standard InChI is InChI=1S/C17H15F5O/c1-2-3-12-4-6-14(7-5-12)17(21,22)23-15-10-8-13(9-11-15)16(18,19)20/h4-11H,2-3H2,1H3. The highest BCUT2D eigenvalue weighted by atomic mass is 19.4. The molecule has 0 bridgehead atoms. The van der Waals surface area contributed by atoms with E-state index in [0.29, 0.717) is 12.1 Å². The van der Waals surface area contributed by atoms with Crippen LogP contribution in [0.1, 0.15) is 30.0 Å². The zero-order valence-electron chi connectivity index (χ0n) is 12.3. The van der Waals surface area contributed by atoms with Crippen LogP contribution >= 0.6 is 0 Å². The minimum absolute atomic E-state index is 0.333. The van der Waals surface area contributed by atoms with Gasteiger partial charge in [0.15, 0.2) is 0 Å². The van der Waals surface area contributed by atoms with Crippen LogP contribution in [0.25, 0.3) is 0 Å². The smallest absolute Gasteiger partial charge is 0.426 e. The average molecular weight is 330 g/mol. The van der Waals surface area contributed by atoms with Crippen molar-refractivity contribution in [2.75, 3.05) is 0 Å². The number of rotatable bonds is 5. The van der Waals surface area contributed by atoms with Crippen molar-refractivity contribution in [2.24, 2.45) is 0 Å². The summed E-state index contributed by atoms with van der Waals surface area (Å²) in [5.41, 5.74) is -0.337. The van der Waals surface area contributed by atoms with E-state index in [1.807, 2.05) is 6.92 Å². The van der Waals surface area contributed by atoms with E-state index in [9.17, 15) is 22.0 Å². The van der Waals surface area contributed by atoms with Crippen LogP contribution in [0.4, 0.5) is 22.0 Å². The van der Waals surface area contributed by atoms with Gasteiger partial charge in [0.05, 0.1) is 11.1 Å². The predicted octanol–water partition coefficient (Wildman–Crippen LogP) is 5.79. The van der Waals surface area contributed by atoms with E-state index in [-0.39, 0.29) is 11.3 Å². The maximum Gasteiger partial charge on any atom is 0.426 e. The first kappa shape index (κ1) is 17.2. The predicted molar refractivity (Wildman–Crippen MR) is 76.4 cm³/mol. The molecule has 2 aromatic rings. The quantitative estimate of drug-likeness (QED) is 0.631. The van der Waals surface area contributed by atoms with Gasteiger partial charge in [0.1, 0.15) is 5.75 Å². The van der Waals surface area contributed by atoms with Crippen LogP contribution in [-0.2, 0) is 18.7 Å². The molecule has 0 fully saturated rings. The Bertz CT molecular complexity index is 630. The summed E-state index contributed by atoms with van der Waals surface area (Å²) in [6, 6.07) is 8.85. The molecule has 0 amide bonds. The van der Waals surface area contributed by atoms with Crippen molar-refractivity contribution in [3.63, 3.8) is 0 Å². The van der Waals surface area contributed by atoms with Crippen LogP contribution in [0.15, 0.2) is 48.5 Å². The van der Waals surface area contributed by atoms with Crippen LogP contribution in [0.3, 0.4) is 0 Å². The molecule has 0 aliphatic rings. The number of alkyl halides is 5. The fraction of sp³-hybridized carbons (Fsp3) is 0.294. The second-order valence-corrected chi connectivity index (χ2v) is 5.09. The molecule has 0 heterocycles. The van der Waals surface area contributed by atoms with Crippen LogP contribution in [0.5, 0.6) is 5.75 Å². The molecule has 1 nitrogen and oxygen atoms in total. The van der Waals surface area contributed by atoms with E-state index in [1.54, 1.807) is 12.1 Å². The van der Waals surface area contributed by atoms with Gasteiger partial charge in [-0.15, -0.1) is 0 Å². The molecular weight excluding hydrogens is 315 g/mol. The molecular formula is C17H15F5O. The second-order valence-electron chi connectivity index (χ2n) is 5.09. The Morgan fingerprint density at radius 3 is 1.78 bits per heavy atom. The van der Waals surface area contributed by atoms with E-state index in [0.717, 1.165) is 30.5 Å². The summed E-state index contributed by atoms with van der Waals surface area (Å²) >= 11 is 0. The lowest BCUT2D eigenvalue weighted by atomic mass is 10.1. The van der Waals surface area contributed by atoms with Gasteiger partial charge in [0.25, 0.3) is 0 Å². The summed E-state index contributed by atoms with van der Waals surface area (Å²) in [6.45, 7) is 1.98. The highest BCUT2D eigenvalue weighted by Gasteiger charge is 2.35. The lowest BCUT2D eigenvalue weighted by Crippen LogP contribution is -2.21. The van der Waals surface area contributed by atoms with Gasteiger partial charge in [-0.1, -0.05) is 25.5 Å². The Morgan fingerprint density at radius 1 is 0.783 bits per heavy atom. The highest BCUT2D eigenvalue weighted by molar-refractivity contribution is 5.31. The van der Waals surface area contributed by atoms with Gasteiger partial charge >= 0.3 is 12.3 Å². The van der Waals surface area contributed by atoms with Crippen LogP contribution in [-0.4, -0.2) is 0 Å².